The van der Waals surface area contributed by atoms with Gasteiger partial charge in [0, 0.05) is 4.88 Å². The number of fused-ring (bicyclic) bond motifs is 1. The summed E-state index contributed by atoms with van der Waals surface area (Å²) in [4.78, 5) is 41.3. The van der Waals surface area contributed by atoms with Gasteiger partial charge in [0.1, 0.15) is 6.54 Å². The van der Waals surface area contributed by atoms with Gasteiger partial charge < -0.3 is 10.3 Å². The lowest BCUT2D eigenvalue weighted by molar-refractivity contribution is -0.122. The number of aromatic nitrogens is 2. The van der Waals surface area contributed by atoms with E-state index in [-0.39, 0.29) is 18.5 Å². The zero-order chi connectivity index (χ0) is 19.4. The summed E-state index contributed by atoms with van der Waals surface area (Å²) in [6, 6.07) is 10.6. The summed E-state index contributed by atoms with van der Waals surface area (Å²) >= 11 is 1.60. The summed E-state index contributed by atoms with van der Waals surface area (Å²) in [6.07, 6.45) is 1.85. The summed E-state index contributed by atoms with van der Waals surface area (Å²) in [5.74, 6) is -0.0533. The molecular weight excluding hydrogens is 362 g/mol. The van der Waals surface area contributed by atoms with Crippen LogP contribution in [-0.4, -0.2) is 15.5 Å². The van der Waals surface area contributed by atoms with Crippen LogP contribution in [0.2, 0.25) is 0 Å². The minimum absolute atomic E-state index is 0.122. The molecule has 2 aromatic heterocycles. The smallest absolute Gasteiger partial charge is 0.329 e. The second kappa shape index (κ2) is 8.35. The first-order valence-corrected chi connectivity index (χ1v) is 9.97. The van der Waals surface area contributed by atoms with E-state index in [0.29, 0.717) is 16.8 Å². The summed E-state index contributed by atoms with van der Waals surface area (Å²) < 4.78 is 0.954. The minimum atomic E-state index is -0.580. The van der Waals surface area contributed by atoms with E-state index in [4.69, 9.17) is 0 Å². The Morgan fingerprint density at radius 1 is 1.15 bits per heavy atom. The number of carbonyl (C=O) groups is 1. The summed E-state index contributed by atoms with van der Waals surface area (Å²) in [5, 5.41) is 5.40. The molecule has 1 unspecified atom stereocenters. The van der Waals surface area contributed by atoms with Gasteiger partial charge in [-0.15, -0.1) is 11.3 Å². The molecular formula is C20H23N3O3S. The zero-order valence-corrected chi connectivity index (χ0v) is 16.2. The number of hydrogen-bond acceptors (Lipinski definition) is 4. The third kappa shape index (κ3) is 4.03. The second-order valence-corrected chi connectivity index (χ2v) is 7.48. The fraction of sp³-hybridized carbons (Fsp3) is 0.350. The van der Waals surface area contributed by atoms with Crippen LogP contribution >= 0.6 is 11.3 Å². The quantitative estimate of drug-likeness (QED) is 0.656. The molecule has 0 aliphatic rings. The molecule has 2 heterocycles. The lowest BCUT2D eigenvalue weighted by Crippen LogP contribution is -2.42. The number of carbonyl (C=O) groups excluding carboxylic acids is 1. The molecule has 1 atom stereocenters. The molecule has 27 heavy (non-hydrogen) atoms. The van der Waals surface area contributed by atoms with E-state index in [1.54, 1.807) is 35.6 Å². The van der Waals surface area contributed by atoms with Crippen LogP contribution in [-0.2, 0) is 11.3 Å². The summed E-state index contributed by atoms with van der Waals surface area (Å²) in [7, 11) is 0. The number of benzene rings is 1. The Hall–Kier alpha value is -2.67. The van der Waals surface area contributed by atoms with E-state index >= 15 is 0 Å². The Kier molecular flexibility index (Phi) is 5.91. The van der Waals surface area contributed by atoms with Gasteiger partial charge in [-0.25, -0.2) is 4.79 Å². The third-order valence-corrected chi connectivity index (χ3v) is 5.83. The van der Waals surface area contributed by atoms with E-state index in [2.05, 4.69) is 24.1 Å². The van der Waals surface area contributed by atoms with E-state index in [0.717, 1.165) is 22.3 Å². The highest BCUT2D eigenvalue weighted by Gasteiger charge is 2.24. The number of rotatable bonds is 7. The average molecular weight is 385 g/mol. The number of thiophene rings is 1. The molecule has 3 aromatic rings. The topological polar surface area (TPSA) is 84.0 Å². The van der Waals surface area contributed by atoms with Crippen molar-refractivity contribution in [3.63, 3.8) is 0 Å². The zero-order valence-electron chi connectivity index (χ0n) is 15.4. The Bertz CT molecular complexity index is 1030. The maximum Gasteiger partial charge on any atom is 0.329 e. The highest BCUT2D eigenvalue weighted by molar-refractivity contribution is 7.10. The average Bonchev–Trinajstić information content (AvgIpc) is 3.20. The second-order valence-electron chi connectivity index (χ2n) is 6.50. The molecule has 6 nitrogen and oxygen atoms in total. The highest BCUT2D eigenvalue weighted by atomic mass is 32.1. The number of H-pyrrole nitrogens is 1. The molecule has 0 saturated heterocycles. The number of nitrogens with zero attached hydrogens (tertiary/aromatic N) is 1. The molecule has 0 spiro atoms. The number of aromatic amines is 1. The molecule has 1 aromatic carbocycles. The van der Waals surface area contributed by atoms with Crippen LogP contribution in [0.4, 0.5) is 0 Å². The molecule has 0 fully saturated rings. The Morgan fingerprint density at radius 3 is 2.56 bits per heavy atom. The molecule has 7 heteroatoms. The van der Waals surface area contributed by atoms with Crippen LogP contribution in [0.15, 0.2) is 51.4 Å². The first kappa shape index (κ1) is 19.1. The number of nitrogens with one attached hydrogen (secondary N) is 2. The van der Waals surface area contributed by atoms with Gasteiger partial charge in [0.15, 0.2) is 0 Å². The number of amides is 1. The van der Waals surface area contributed by atoms with Crippen molar-refractivity contribution in [1.29, 1.82) is 0 Å². The van der Waals surface area contributed by atoms with E-state index in [9.17, 15) is 14.4 Å². The summed E-state index contributed by atoms with van der Waals surface area (Å²) in [6.45, 7) is 3.89. The van der Waals surface area contributed by atoms with Crippen molar-refractivity contribution in [1.82, 2.24) is 14.9 Å². The molecule has 2 N–H and O–H groups in total. The molecule has 0 radical (unpaired) electrons. The molecule has 0 saturated carbocycles. The van der Waals surface area contributed by atoms with Crippen molar-refractivity contribution in [2.45, 2.75) is 39.3 Å². The van der Waals surface area contributed by atoms with Crippen molar-refractivity contribution >= 4 is 28.1 Å². The Morgan fingerprint density at radius 2 is 1.89 bits per heavy atom. The molecule has 3 rings (SSSR count). The first-order valence-electron chi connectivity index (χ1n) is 9.09. The molecule has 0 aliphatic carbocycles. The minimum Gasteiger partial charge on any atom is -0.347 e. The monoisotopic (exact) mass is 385 g/mol. The lowest BCUT2D eigenvalue weighted by atomic mass is 9.93. The van der Waals surface area contributed by atoms with Gasteiger partial charge in [-0.3, -0.25) is 14.2 Å². The maximum absolute atomic E-state index is 12.7. The van der Waals surface area contributed by atoms with Gasteiger partial charge in [-0.2, -0.15) is 0 Å². The van der Waals surface area contributed by atoms with E-state index in [1.165, 1.54) is 0 Å². The fourth-order valence-corrected chi connectivity index (χ4v) is 4.22. The van der Waals surface area contributed by atoms with E-state index in [1.807, 2.05) is 17.5 Å². The fourth-order valence-electron chi connectivity index (χ4n) is 3.35. The van der Waals surface area contributed by atoms with Crippen LogP contribution in [0.1, 0.15) is 37.6 Å². The van der Waals surface area contributed by atoms with Gasteiger partial charge >= 0.3 is 5.69 Å². The molecule has 0 aliphatic heterocycles. The molecule has 0 bridgehead atoms. The normalized spacial score (nSPS) is 12.4. The van der Waals surface area contributed by atoms with Gasteiger partial charge in [0.25, 0.3) is 5.56 Å². The van der Waals surface area contributed by atoms with Gasteiger partial charge in [-0.05, 0) is 29.5 Å². The van der Waals surface area contributed by atoms with Gasteiger partial charge in [-0.1, -0.05) is 44.9 Å². The Labute approximate surface area is 160 Å². The van der Waals surface area contributed by atoms with Crippen molar-refractivity contribution < 1.29 is 4.79 Å². The predicted molar refractivity (Wildman–Crippen MR) is 108 cm³/mol. The molecule has 142 valence electrons. The Balaban J connectivity index is 1.87. The maximum atomic E-state index is 12.7. The van der Waals surface area contributed by atoms with Crippen LogP contribution < -0.4 is 16.6 Å². The number of hydrogen-bond donors (Lipinski definition) is 2. The number of para-hydroxylation sites is 1. The van der Waals surface area contributed by atoms with Crippen molar-refractivity contribution in [3.05, 3.63) is 67.5 Å². The SMILES string of the molecule is CCC(CC)C(NC(=O)Cn1c(=O)[nH]c2ccccc2c1=O)c1cccs1. The molecule has 1 amide bonds. The van der Waals surface area contributed by atoms with Crippen LogP contribution in [0.25, 0.3) is 10.9 Å². The largest absolute Gasteiger partial charge is 0.347 e. The summed E-state index contributed by atoms with van der Waals surface area (Å²) in [5.41, 5.74) is -0.568. The third-order valence-electron chi connectivity index (χ3n) is 4.88. The lowest BCUT2D eigenvalue weighted by Gasteiger charge is -2.25. The van der Waals surface area contributed by atoms with Crippen LogP contribution in [0.5, 0.6) is 0 Å². The van der Waals surface area contributed by atoms with E-state index < -0.39 is 11.2 Å². The van der Waals surface area contributed by atoms with Crippen molar-refractivity contribution in [2.24, 2.45) is 5.92 Å². The standard InChI is InChI=1S/C20H23N3O3S/c1-3-13(4-2)18(16-10-7-11-27-16)22-17(24)12-23-19(25)14-8-5-6-9-15(14)21-20(23)26/h5-11,13,18H,3-4,12H2,1-2H3,(H,21,26)(H,22,24). The van der Waals surface area contributed by atoms with Crippen LogP contribution in [0.3, 0.4) is 0 Å². The van der Waals surface area contributed by atoms with Crippen LogP contribution in [0, 0.1) is 5.92 Å². The highest BCUT2D eigenvalue weighted by Crippen LogP contribution is 2.30. The van der Waals surface area contributed by atoms with Crippen molar-refractivity contribution in [3.8, 4) is 0 Å². The first-order chi connectivity index (χ1) is 13.0. The van der Waals surface area contributed by atoms with Gasteiger partial charge in [0.2, 0.25) is 5.91 Å². The van der Waals surface area contributed by atoms with Gasteiger partial charge in [0.05, 0.1) is 16.9 Å². The predicted octanol–water partition coefficient (Wildman–Crippen LogP) is 3.05. The van der Waals surface area contributed by atoms with Crippen molar-refractivity contribution in [2.75, 3.05) is 0 Å².